The molecule has 2 aromatic rings. The smallest absolute Gasteiger partial charge is 0.429 e. The van der Waals surface area contributed by atoms with Crippen molar-refractivity contribution in [3.8, 4) is 10.9 Å². The van der Waals surface area contributed by atoms with E-state index in [9.17, 15) is 13.2 Å². The molecule has 102 valence electrons. The highest BCUT2D eigenvalue weighted by atomic mass is 35.5. The van der Waals surface area contributed by atoms with E-state index in [2.05, 4.69) is 9.36 Å². The molecule has 4 nitrogen and oxygen atoms in total. The van der Waals surface area contributed by atoms with Crippen LogP contribution in [0, 0.1) is 0 Å². The Kier molecular flexibility index (Phi) is 3.93. The number of ether oxygens (including phenoxy) is 1. The number of hydrogen-bond acceptors (Lipinski definition) is 5. The third-order valence-corrected chi connectivity index (χ3v) is 3.09. The molecule has 0 amide bonds. The summed E-state index contributed by atoms with van der Waals surface area (Å²) < 4.78 is 45.4. The number of rotatable bonds is 3. The molecule has 19 heavy (non-hydrogen) atoms. The summed E-state index contributed by atoms with van der Waals surface area (Å²) in [5.74, 6) is -0.969. The molecular weight excluding hydrogens is 303 g/mol. The standard InChI is InChI=1S/C10H7ClF3N3OS/c11-6-2-1-3-7(5(6)4-15)18-9-16-8(17-19-9)10(12,13)14/h1-3H,4,15H2. The van der Waals surface area contributed by atoms with Crippen molar-refractivity contribution >= 4 is 23.1 Å². The molecule has 0 aliphatic rings. The average molecular weight is 310 g/mol. The molecular formula is C10H7ClF3N3OS. The summed E-state index contributed by atoms with van der Waals surface area (Å²) >= 11 is 6.41. The number of halogens is 4. The Hall–Kier alpha value is -1.38. The lowest BCUT2D eigenvalue weighted by Crippen LogP contribution is -2.07. The van der Waals surface area contributed by atoms with Gasteiger partial charge in [-0.1, -0.05) is 17.7 Å². The number of alkyl halides is 3. The van der Waals surface area contributed by atoms with E-state index in [4.69, 9.17) is 22.1 Å². The molecule has 0 unspecified atom stereocenters. The van der Waals surface area contributed by atoms with Crippen LogP contribution in [0.15, 0.2) is 18.2 Å². The van der Waals surface area contributed by atoms with Crippen LogP contribution < -0.4 is 10.5 Å². The van der Waals surface area contributed by atoms with Gasteiger partial charge < -0.3 is 10.5 Å². The number of nitrogens with two attached hydrogens (primary N) is 1. The van der Waals surface area contributed by atoms with Crippen molar-refractivity contribution in [3.05, 3.63) is 34.6 Å². The Bertz CT molecular complexity index is 588. The lowest BCUT2D eigenvalue weighted by Gasteiger charge is -2.08. The van der Waals surface area contributed by atoms with Gasteiger partial charge in [-0.3, -0.25) is 0 Å². The number of benzene rings is 1. The van der Waals surface area contributed by atoms with Crippen LogP contribution in [0.1, 0.15) is 11.4 Å². The van der Waals surface area contributed by atoms with Gasteiger partial charge in [-0.15, -0.1) is 0 Å². The van der Waals surface area contributed by atoms with Gasteiger partial charge in [0.25, 0.3) is 11.0 Å². The second-order valence-electron chi connectivity index (χ2n) is 3.40. The summed E-state index contributed by atoms with van der Waals surface area (Å²) in [6, 6.07) is 4.75. The third-order valence-electron chi connectivity index (χ3n) is 2.14. The normalized spacial score (nSPS) is 11.6. The first-order valence-electron chi connectivity index (χ1n) is 4.98. The molecule has 1 aromatic heterocycles. The van der Waals surface area contributed by atoms with E-state index in [-0.39, 0.29) is 17.5 Å². The number of aromatic nitrogens is 2. The van der Waals surface area contributed by atoms with Crippen LogP contribution >= 0.6 is 23.1 Å². The van der Waals surface area contributed by atoms with Gasteiger partial charge in [-0.25, -0.2) is 0 Å². The maximum atomic E-state index is 12.3. The Morgan fingerprint density at radius 3 is 2.68 bits per heavy atom. The molecule has 1 aromatic carbocycles. The monoisotopic (exact) mass is 309 g/mol. The van der Waals surface area contributed by atoms with Crippen LogP contribution in [0.3, 0.4) is 0 Å². The molecule has 0 bridgehead atoms. The van der Waals surface area contributed by atoms with Crippen LogP contribution in [0.25, 0.3) is 0 Å². The fraction of sp³-hybridized carbons (Fsp3) is 0.200. The third kappa shape index (κ3) is 3.14. The van der Waals surface area contributed by atoms with E-state index in [1.165, 1.54) is 0 Å². The van der Waals surface area contributed by atoms with Crippen molar-refractivity contribution in [2.75, 3.05) is 0 Å². The second-order valence-corrected chi connectivity index (χ2v) is 4.53. The van der Waals surface area contributed by atoms with E-state index in [1.54, 1.807) is 18.2 Å². The SMILES string of the molecule is NCc1c(Cl)cccc1Oc1nc(C(F)(F)F)ns1. The average Bonchev–Trinajstić information content (AvgIpc) is 2.77. The van der Waals surface area contributed by atoms with Crippen LogP contribution in [0.2, 0.25) is 5.02 Å². The summed E-state index contributed by atoms with van der Waals surface area (Å²) in [5, 5.41) is 0.157. The van der Waals surface area contributed by atoms with E-state index in [1.807, 2.05) is 0 Å². The van der Waals surface area contributed by atoms with Gasteiger partial charge in [0.2, 0.25) is 0 Å². The minimum atomic E-state index is -4.59. The number of hydrogen-bond donors (Lipinski definition) is 1. The summed E-state index contributed by atoms with van der Waals surface area (Å²) in [6.07, 6.45) is -4.59. The molecule has 0 radical (unpaired) electrons. The lowest BCUT2D eigenvalue weighted by molar-refractivity contribution is -0.144. The highest BCUT2D eigenvalue weighted by Gasteiger charge is 2.36. The Morgan fingerprint density at radius 1 is 1.37 bits per heavy atom. The Balaban J connectivity index is 2.27. The van der Waals surface area contributed by atoms with E-state index >= 15 is 0 Å². The summed E-state index contributed by atoms with van der Waals surface area (Å²) in [5.41, 5.74) is 6.00. The molecule has 0 saturated carbocycles. The van der Waals surface area contributed by atoms with E-state index < -0.39 is 12.0 Å². The van der Waals surface area contributed by atoms with Gasteiger partial charge in [0.1, 0.15) is 5.75 Å². The summed E-state index contributed by atoms with van der Waals surface area (Å²) in [7, 11) is 0. The first-order chi connectivity index (χ1) is 8.91. The van der Waals surface area contributed by atoms with Crippen LogP contribution in [-0.2, 0) is 12.7 Å². The molecule has 0 aliphatic carbocycles. The predicted octanol–water partition coefficient (Wildman–Crippen LogP) is 3.46. The topological polar surface area (TPSA) is 61.0 Å². The molecule has 0 atom stereocenters. The molecule has 0 aliphatic heterocycles. The van der Waals surface area contributed by atoms with Gasteiger partial charge in [0, 0.05) is 28.7 Å². The first kappa shape index (κ1) is 14.0. The zero-order valence-corrected chi connectivity index (χ0v) is 10.8. The highest BCUT2D eigenvalue weighted by Crippen LogP contribution is 2.34. The van der Waals surface area contributed by atoms with E-state index in [0.29, 0.717) is 22.1 Å². The van der Waals surface area contributed by atoms with Crippen molar-refractivity contribution in [1.29, 1.82) is 0 Å². The Morgan fingerprint density at radius 2 is 2.11 bits per heavy atom. The maximum absolute atomic E-state index is 12.3. The van der Waals surface area contributed by atoms with Crippen molar-refractivity contribution < 1.29 is 17.9 Å². The van der Waals surface area contributed by atoms with Crippen LogP contribution in [-0.4, -0.2) is 9.36 Å². The van der Waals surface area contributed by atoms with Gasteiger partial charge in [0.15, 0.2) is 0 Å². The van der Waals surface area contributed by atoms with Gasteiger partial charge in [-0.2, -0.15) is 22.5 Å². The predicted molar refractivity (Wildman–Crippen MR) is 64.3 cm³/mol. The molecule has 0 fully saturated rings. The minimum Gasteiger partial charge on any atom is -0.429 e. The van der Waals surface area contributed by atoms with Gasteiger partial charge in [0.05, 0.1) is 0 Å². The molecule has 0 spiro atoms. The fourth-order valence-electron chi connectivity index (χ4n) is 1.29. The van der Waals surface area contributed by atoms with Crippen molar-refractivity contribution in [1.82, 2.24) is 9.36 Å². The second kappa shape index (κ2) is 5.32. The fourth-order valence-corrected chi connectivity index (χ4v) is 2.10. The summed E-state index contributed by atoms with van der Waals surface area (Å²) in [6.45, 7) is 0.0972. The van der Waals surface area contributed by atoms with Crippen LogP contribution in [0.5, 0.6) is 10.9 Å². The number of nitrogens with zero attached hydrogens (tertiary/aromatic N) is 2. The highest BCUT2D eigenvalue weighted by molar-refractivity contribution is 7.07. The molecule has 0 saturated heterocycles. The summed E-state index contributed by atoms with van der Waals surface area (Å²) in [4.78, 5) is 3.26. The first-order valence-corrected chi connectivity index (χ1v) is 6.13. The van der Waals surface area contributed by atoms with Crippen molar-refractivity contribution in [2.24, 2.45) is 5.73 Å². The molecule has 2 N–H and O–H groups in total. The van der Waals surface area contributed by atoms with Gasteiger partial charge >= 0.3 is 6.18 Å². The van der Waals surface area contributed by atoms with Gasteiger partial charge in [-0.05, 0) is 12.1 Å². The zero-order valence-electron chi connectivity index (χ0n) is 9.24. The maximum Gasteiger partial charge on any atom is 0.452 e. The lowest BCUT2D eigenvalue weighted by atomic mass is 10.2. The zero-order chi connectivity index (χ0) is 14.0. The van der Waals surface area contributed by atoms with Crippen LogP contribution in [0.4, 0.5) is 13.2 Å². The van der Waals surface area contributed by atoms with Crippen molar-refractivity contribution in [3.63, 3.8) is 0 Å². The minimum absolute atomic E-state index is 0.0972. The van der Waals surface area contributed by atoms with Crippen molar-refractivity contribution in [2.45, 2.75) is 12.7 Å². The van der Waals surface area contributed by atoms with E-state index in [0.717, 1.165) is 0 Å². The molecule has 9 heteroatoms. The molecule has 2 rings (SSSR count). The molecule has 1 heterocycles. The Labute approximate surface area is 115 Å². The quantitative estimate of drug-likeness (QED) is 0.943. The largest absolute Gasteiger partial charge is 0.452 e.